The molecule has 1 fully saturated rings. The summed E-state index contributed by atoms with van der Waals surface area (Å²) in [5.41, 5.74) is 3.65. The van der Waals surface area contributed by atoms with Gasteiger partial charge in [0.25, 0.3) is 11.8 Å². The van der Waals surface area contributed by atoms with E-state index in [9.17, 15) is 9.59 Å². The van der Waals surface area contributed by atoms with Crippen molar-refractivity contribution >= 4 is 28.8 Å². The first kappa shape index (κ1) is 18.6. The molecule has 1 aliphatic heterocycles. The van der Waals surface area contributed by atoms with E-state index in [1.807, 2.05) is 75.6 Å². The van der Waals surface area contributed by atoms with Gasteiger partial charge in [-0.3, -0.25) is 9.59 Å². The Morgan fingerprint density at radius 1 is 1.10 bits per heavy atom. The van der Waals surface area contributed by atoms with E-state index in [-0.39, 0.29) is 11.8 Å². The smallest absolute Gasteiger partial charge is 0.263 e. The van der Waals surface area contributed by atoms with E-state index in [4.69, 9.17) is 0 Å². The Hall–Kier alpha value is -3.45. The number of nitrogens with zero attached hydrogens (tertiary/aromatic N) is 3. The second kappa shape index (κ2) is 7.76. The highest BCUT2D eigenvalue weighted by atomic mass is 32.1. The highest BCUT2D eigenvalue weighted by Crippen LogP contribution is 2.29. The molecule has 6 nitrogen and oxygen atoms in total. The maximum absolute atomic E-state index is 12.5. The Labute approximate surface area is 177 Å². The number of benzene rings is 1. The summed E-state index contributed by atoms with van der Waals surface area (Å²) in [6, 6.07) is 15.4. The van der Waals surface area contributed by atoms with Gasteiger partial charge in [0.05, 0.1) is 4.88 Å². The van der Waals surface area contributed by atoms with Gasteiger partial charge in [-0.2, -0.15) is 0 Å². The third-order valence-electron chi connectivity index (χ3n) is 5.46. The van der Waals surface area contributed by atoms with E-state index in [0.717, 1.165) is 34.7 Å². The summed E-state index contributed by atoms with van der Waals surface area (Å²) in [6.45, 7) is 1.89. The summed E-state index contributed by atoms with van der Waals surface area (Å²) in [6.07, 6.45) is 5.57. The number of carbonyl (C=O) groups is 2. The van der Waals surface area contributed by atoms with Crippen LogP contribution in [0.2, 0.25) is 0 Å². The van der Waals surface area contributed by atoms with Crippen LogP contribution in [-0.4, -0.2) is 39.2 Å². The zero-order chi connectivity index (χ0) is 20.5. The Bertz CT molecular complexity index is 1190. The fourth-order valence-electron chi connectivity index (χ4n) is 3.66. The average Bonchev–Trinajstić information content (AvgIpc) is 3.43. The number of rotatable bonds is 5. The molecule has 0 aliphatic carbocycles. The molecule has 0 unspecified atom stereocenters. The molecule has 30 heavy (non-hydrogen) atoms. The number of aromatic nitrogens is 2. The molecule has 4 heterocycles. The van der Waals surface area contributed by atoms with Crippen LogP contribution in [-0.2, 0) is 6.54 Å². The third kappa shape index (κ3) is 3.59. The molecule has 4 aromatic rings. The predicted molar refractivity (Wildman–Crippen MR) is 116 cm³/mol. The molecule has 0 radical (unpaired) electrons. The topological polar surface area (TPSA) is 66.7 Å². The number of carbonyl (C=O) groups excluding carboxylic acids is 2. The number of amides is 2. The van der Waals surface area contributed by atoms with Gasteiger partial charge in [0, 0.05) is 49.7 Å². The van der Waals surface area contributed by atoms with E-state index in [2.05, 4.69) is 10.3 Å². The number of pyridine rings is 1. The quantitative estimate of drug-likeness (QED) is 0.541. The van der Waals surface area contributed by atoms with Gasteiger partial charge >= 0.3 is 0 Å². The van der Waals surface area contributed by atoms with Crippen molar-refractivity contribution in [2.75, 3.05) is 13.1 Å². The Morgan fingerprint density at radius 2 is 1.93 bits per heavy atom. The van der Waals surface area contributed by atoms with Crippen molar-refractivity contribution in [1.29, 1.82) is 0 Å². The molecular formula is C23H20N4O2S. The van der Waals surface area contributed by atoms with Crippen molar-refractivity contribution in [3.63, 3.8) is 0 Å². The minimum Gasteiger partial charge on any atom is -0.348 e. The van der Waals surface area contributed by atoms with Crippen LogP contribution < -0.4 is 5.32 Å². The Morgan fingerprint density at radius 3 is 2.70 bits per heavy atom. The first-order valence-electron chi connectivity index (χ1n) is 9.80. The summed E-state index contributed by atoms with van der Waals surface area (Å²) < 4.78 is 1.93. The van der Waals surface area contributed by atoms with Crippen LogP contribution in [0.15, 0.2) is 72.5 Å². The summed E-state index contributed by atoms with van der Waals surface area (Å²) in [7, 11) is 0. The van der Waals surface area contributed by atoms with E-state index in [1.54, 1.807) is 6.20 Å². The molecule has 7 heteroatoms. The molecule has 0 spiro atoms. The maximum Gasteiger partial charge on any atom is 0.263 e. The van der Waals surface area contributed by atoms with Crippen molar-refractivity contribution in [2.45, 2.75) is 12.5 Å². The summed E-state index contributed by atoms with van der Waals surface area (Å²) >= 11 is 1.47. The molecule has 0 bridgehead atoms. The van der Waals surface area contributed by atoms with Gasteiger partial charge in [0.2, 0.25) is 0 Å². The van der Waals surface area contributed by atoms with E-state index in [1.165, 1.54) is 11.3 Å². The van der Waals surface area contributed by atoms with E-state index in [0.29, 0.717) is 18.0 Å². The van der Waals surface area contributed by atoms with Crippen molar-refractivity contribution in [1.82, 2.24) is 19.6 Å². The number of likely N-dealkylation sites (tertiary alicyclic amines) is 1. The van der Waals surface area contributed by atoms with Gasteiger partial charge in [-0.15, -0.1) is 11.3 Å². The van der Waals surface area contributed by atoms with Crippen LogP contribution in [0.5, 0.6) is 0 Å². The molecule has 3 aromatic heterocycles. The second-order valence-electron chi connectivity index (χ2n) is 7.42. The average molecular weight is 417 g/mol. The number of fused-ring (bicyclic) bond motifs is 1. The lowest BCUT2D eigenvalue weighted by Gasteiger charge is -2.39. The lowest BCUT2D eigenvalue weighted by molar-refractivity contribution is 0.0607. The lowest BCUT2D eigenvalue weighted by Crippen LogP contribution is -2.48. The molecule has 5 rings (SSSR count). The molecule has 1 aromatic carbocycles. The van der Waals surface area contributed by atoms with Crippen molar-refractivity contribution < 1.29 is 9.59 Å². The minimum atomic E-state index is -0.104. The van der Waals surface area contributed by atoms with E-state index >= 15 is 0 Å². The molecule has 150 valence electrons. The fourth-order valence-corrected chi connectivity index (χ4v) is 4.36. The monoisotopic (exact) mass is 416 g/mol. The molecule has 0 atom stereocenters. The van der Waals surface area contributed by atoms with Crippen molar-refractivity contribution in [3.8, 4) is 0 Å². The molecule has 1 aliphatic rings. The third-order valence-corrected chi connectivity index (χ3v) is 6.32. The van der Waals surface area contributed by atoms with Crippen LogP contribution in [0.1, 0.15) is 37.1 Å². The molecule has 1 N–H and O–H groups in total. The highest BCUT2D eigenvalue weighted by Gasteiger charge is 2.32. The van der Waals surface area contributed by atoms with Crippen molar-refractivity contribution in [3.05, 3.63) is 94.1 Å². The van der Waals surface area contributed by atoms with Gasteiger partial charge in [-0.05, 0) is 46.8 Å². The summed E-state index contributed by atoms with van der Waals surface area (Å²) in [4.78, 5) is 31.7. The number of imidazole rings is 1. The first-order valence-corrected chi connectivity index (χ1v) is 10.7. The van der Waals surface area contributed by atoms with Crippen LogP contribution in [0.3, 0.4) is 0 Å². The van der Waals surface area contributed by atoms with Gasteiger partial charge in [0.1, 0.15) is 5.65 Å². The van der Waals surface area contributed by atoms with Crippen LogP contribution in [0.4, 0.5) is 0 Å². The van der Waals surface area contributed by atoms with Gasteiger partial charge in [-0.25, -0.2) is 4.98 Å². The standard InChI is InChI=1S/C23H20N4O2S/c28-22(25-13-16-7-9-26-10-8-24-21(26)12-16)18-5-3-17(4-6-18)19-14-27(15-19)23(29)20-2-1-11-30-20/h1-12,19H,13-15H2,(H,25,28). The fraction of sp³-hybridized carbons (Fsp3) is 0.174. The minimum absolute atomic E-state index is 0.103. The Balaban J connectivity index is 1.16. The van der Waals surface area contributed by atoms with Crippen LogP contribution in [0.25, 0.3) is 5.65 Å². The summed E-state index contributed by atoms with van der Waals surface area (Å²) in [5.74, 6) is 0.325. The number of hydrogen-bond donors (Lipinski definition) is 1. The second-order valence-corrected chi connectivity index (χ2v) is 8.36. The lowest BCUT2D eigenvalue weighted by atomic mass is 9.90. The largest absolute Gasteiger partial charge is 0.348 e. The van der Waals surface area contributed by atoms with Crippen LogP contribution >= 0.6 is 11.3 Å². The molecular weight excluding hydrogens is 396 g/mol. The number of thiophene rings is 1. The van der Waals surface area contributed by atoms with E-state index < -0.39 is 0 Å². The zero-order valence-corrected chi connectivity index (χ0v) is 17.0. The Kier molecular flexibility index (Phi) is 4.80. The SMILES string of the molecule is O=C(NCc1ccn2ccnc2c1)c1ccc(C2CN(C(=O)c3cccs3)C2)cc1. The molecule has 0 saturated carbocycles. The molecule has 2 amide bonds. The highest BCUT2D eigenvalue weighted by molar-refractivity contribution is 7.12. The zero-order valence-electron chi connectivity index (χ0n) is 16.2. The molecule has 1 saturated heterocycles. The normalized spacial score (nSPS) is 13.9. The van der Waals surface area contributed by atoms with Gasteiger partial charge < -0.3 is 14.6 Å². The number of nitrogens with one attached hydrogen (secondary N) is 1. The number of hydrogen-bond acceptors (Lipinski definition) is 4. The predicted octanol–water partition coefficient (Wildman–Crippen LogP) is 3.57. The van der Waals surface area contributed by atoms with Gasteiger partial charge in [0.15, 0.2) is 0 Å². The van der Waals surface area contributed by atoms with Gasteiger partial charge in [-0.1, -0.05) is 18.2 Å². The first-order chi connectivity index (χ1) is 14.7. The van der Waals surface area contributed by atoms with Crippen molar-refractivity contribution in [2.24, 2.45) is 0 Å². The summed E-state index contributed by atoms with van der Waals surface area (Å²) in [5, 5.41) is 4.88. The maximum atomic E-state index is 12.5. The van der Waals surface area contributed by atoms with Crippen LogP contribution in [0, 0.1) is 0 Å².